The number of anilines is 1. The second-order valence-corrected chi connectivity index (χ2v) is 5.57. The van der Waals surface area contributed by atoms with E-state index in [1.165, 1.54) is 5.56 Å². The van der Waals surface area contributed by atoms with Gasteiger partial charge in [-0.05, 0) is 42.3 Å². The third-order valence-electron chi connectivity index (χ3n) is 3.64. The summed E-state index contributed by atoms with van der Waals surface area (Å²) in [6.45, 7) is 5.98. The number of nitrogens with one attached hydrogen (secondary N) is 1. The average molecular weight is 323 g/mol. The lowest BCUT2D eigenvalue weighted by atomic mass is 10.2. The highest BCUT2D eigenvalue weighted by Crippen LogP contribution is 2.15. The van der Waals surface area contributed by atoms with Crippen molar-refractivity contribution in [3.8, 4) is 5.75 Å². The first kappa shape index (κ1) is 16.0. The molecule has 0 radical (unpaired) electrons. The quantitative estimate of drug-likeness (QED) is 0.723. The molecule has 0 fully saturated rings. The van der Waals surface area contributed by atoms with E-state index in [0.29, 0.717) is 25.6 Å². The molecule has 0 spiro atoms. The topological polar surface area (TPSA) is 64.9 Å². The fourth-order valence-electron chi connectivity index (χ4n) is 2.18. The Kier molecular flexibility index (Phi) is 5.05. The Morgan fingerprint density at radius 1 is 1.00 bits per heavy atom. The van der Waals surface area contributed by atoms with E-state index in [9.17, 15) is 0 Å². The normalized spacial score (nSPS) is 10.6. The van der Waals surface area contributed by atoms with E-state index in [-0.39, 0.29) is 0 Å². The maximum absolute atomic E-state index is 5.81. The van der Waals surface area contributed by atoms with Crippen LogP contribution in [0.15, 0.2) is 48.5 Å². The summed E-state index contributed by atoms with van der Waals surface area (Å²) in [4.78, 5) is 1.55. The van der Waals surface area contributed by atoms with E-state index in [0.717, 1.165) is 16.9 Å². The van der Waals surface area contributed by atoms with Gasteiger partial charge in [-0.25, -0.2) is 0 Å². The van der Waals surface area contributed by atoms with E-state index < -0.39 is 0 Å². The third-order valence-corrected chi connectivity index (χ3v) is 3.64. The second-order valence-electron chi connectivity index (χ2n) is 5.57. The number of hydrogen-bond donors (Lipinski definition) is 1. The molecule has 3 aromatic rings. The number of rotatable bonds is 7. The van der Waals surface area contributed by atoms with Gasteiger partial charge in [-0.3, -0.25) is 0 Å². The van der Waals surface area contributed by atoms with Crippen molar-refractivity contribution in [2.75, 3.05) is 5.32 Å². The van der Waals surface area contributed by atoms with E-state index in [1.807, 2.05) is 31.2 Å². The Bertz CT molecular complexity index is 765. The van der Waals surface area contributed by atoms with Crippen molar-refractivity contribution < 1.29 is 4.74 Å². The van der Waals surface area contributed by atoms with Crippen LogP contribution in [0.2, 0.25) is 0 Å². The number of tetrazole rings is 1. The molecule has 1 heterocycles. The van der Waals surface area contributed by atoms with Gasteiger partial charge < -0.3 is 10.1 Å². The number of benzene rings is 2. The summed E-state index contributed by atoms with van der Waals surface area (Å²) in [5.41, 5.74) is 3.55. The van der Waals surface area contributed by atoms with E-state index in [4.69, 9.17) is 4.74 Å². The lowest BCUT2D eigenvalue weighted by molar-refractivity contribution is 0.306. The molecule has 6 heteroatoms. The van der Waals surface area contributed by atoms with Crippen molar-refractivity contribution in [2.45, 2.75) is 33.5 Å². The maximum atomic E-state index is 5.81. The predicted molar refractivity (Wildman–Crippen MR) is 92.8 cm³/mol. The van der Waals surface area contributed by atoms with Gasteiger partial charge in [0.1, 0.15) is 12.4 Å². The fraction of sp³-hybridized carbons (Fsp3) is 0.278. The van der Waals surface area contributed by atoms with Gasteiger partial charge in [0.05, 0.1) is 6.54 Å². The van der Waals surface area contributed by atoms with Crippen LogP contribution in [0, 0.1) is 6.92 Å². The third kappa shape index (κ3) is 4.32. The molecule has 0 aliphatic carbocycles. The van der Waals surface area contributed by atoms with Crippen LogP contribution in [0.3, 0.4) is 0 Å². The smallest absolute Gasteiger partial charge is 0.263 e. The second kappa shape index (κ2) is 7.59. The van der Waals surface area contributed by atoms with Crippen LogP contribution in [0.1, 0.15) is 23.6 Å². The molecule has 0 atom stereocenters. The highest BCUT2D eigenvalue weighted by Gasteiger charge is 2.01. The molecule has 2 aromatic carbocycles. The molecule has 1 aromatic heterocycles. The van der Waals surface area contributed by atoms with Crippen LogP contribution in [0.25, 0.3) is 0 Å². The van der Waals surface area contributed by atoms with Gasteiger partial charge >= 0.3 is 0 Å². The lowest BCUT2D eigenvalue weighted by Gasteiger charge is -2.08. The highest BCUT2D eigenvalue weighted by atomic mass is 16.5. The summed E-state index contributed by atoms with van der Waals surface area (Å²) < 4.78 is 5.81. The Balaban J connectivity index is 1.50. The van der Waals surface area contributed by atoms with Gasteiger partial charge in [0, 0.05) is 6.54 Å². The summed E-state index contributed by atoms with van der Waals surface area (Å²) >= 11 is 0. The van der Waals surface area contributed by atoms with Crippen LogP contribution < -0.4 is 10.1 Å². The van der Waals surface area contributed by atoms with E-state index in [2.05, 4.69) is 51.9 Å². The minimum atomic E-state index is 0.538. The van der Waals surface area contributed by atoms with Gasteiger partial charge in [-0.1, -0.05) is 47.1 Å². The molecule has 1 N–H and O–H groups in total. The number of aryl methyl sites for hydroxylation is 2. The summed E-state index contributed by atoms with van der Waals surface area (Å²) in [6.07, 6.45) is 0. The summed E-state index contributed by atoms with van der Waals surface area (Å²) in [5.74, 6) is 1.39. The predicted octanol–water partition coefficient (Wildman–Crippen LogP) is 3.19. The zero-order chi connectivity index (χ0) is 16.8. The molecule has 124 valence electrons. The molecule has 6 nitrogen and oxygen atoms in total. The Morgan fingerprint density at radius 2 is 1.71 bits per heavy atom. The van der Waals surface area contributed by atoms with Gasteiger partial charge in [0.2, 0.25) is 0 Å². The number of nitrogens with zero attached hydrogens (tertiary/aromatic N) is 4. The zero-order valence-electron chi connectivity index (χ0n) is 13.9. The van der Waals surface area contributed by atoms with Crippen molar-refractivity contribution in [1.29, 1.82) is 0 Å². The largest absolute Gasteiger partial charge is 0.489 e. The van der Waals surface area contributed by atoms with Crippen molar-refractivity contribution in [3.63, 3.8) is 0 Å². The van der Waals surface area contributed by atoms with Crippen molar-refractivity contribution in [3.05, 3.63) is 65.2 Å². The minimum Gasteiger partial charge on any atom is -0.489 e. The molecule has 0 aliphatic heterocycles. The standard InChI is InChI=1S/C18H21N5O/c1-3-23-21-18(20-22-23)19-12-15-8-10-17(11-9-15)24-13-16-6-4-14(2)5-7-16/h4-11H,3,12-13H2,1-2H3,(H,19,21). The minimum absolute atomic E-state index is 0.538. The molecule has 0 saturated heterocycles. The molecule has 0 unspecified atom stereocenters. The maximum Gasteiger partial charge on any atom is 0.263 e. The van der Waals surface area contributed by atoms with Crippen molar-refractivity contribution >= 4 is 5.95 Å². The molecule has 0 bridgehead atoms. The van der Waals surface area contributed by atoms with E-state index in [1.54, 1.807) is 4.80 Å². The SMILES string of the molecule is CCn1nnc(NCc2ccc(OCc3ccc(C)cc3)cc2)n1. The first-order chi connectivity index (χ1) is 11.7. The van der Waals surface area contributed by atoms with Crippen molar-refractivity contribution in [1.82, 2.24) is 20.2 Å². The number of ether oxygens (including phenoxy) is 1. The summed E-state index contributed by atoms with van der Waals surface area (Å²) in [6, 6.07) is 16.4. The molecule has 0 amide bonds. The summed E-state index contributed by atoms with van der Waals surface area (Å²) in [7, 11) is 0. The molecule has 0 aliphatic rings. The highest BCUT2D eigenvalue weighted by molar-refractivity contribution is 5.31. The zero-order valence-corrected chi connectivity index (χ0v) is 13.9. The van der Waals surface area contributed by atoms with Crippen LogP contribution in [0.4, 0.5) is 5.95 Å². The Labute approximate surface area is 141 Å². The van der Waals surface area contributed by atoms with Crippen molar-refractivity contribution in [2.24, 2.45) is 0 Å². The van der Waals surface area contributed by atoms with Crippen LogP contribution in [-0.4, -0.2) is 20.2 Å². The van der Waals surface area contributed by atoms with Crippen LogP contribution in [-0.2, 0) is 19.7 Å². The molecular weight excluding hydrogens is 302 g/mol. The van der Waals surface area contributed by atoms with Gasteiger partial charge in [-0.2, -0.15) is 4.80 Å². The first-order valence-electron chi connectivity index (χ1n) is 8.02. The average Bonchev–Trinajstić information content (AvgIpc) is 3.08. The monoisotopic (exact) mass is 323 g/mol. The summed E-state index contributed by atoms with van der Waals surface area (Å²) in [5, 5.41) is 15.2. The lowest BCUT2D eigenvalue weighted by Crippen LogP contribution is -2.03. The molecular formula is C18H21N5O. The van der Waals surface area contributed by atoms with Crippen LogP contribution >= 0.6 is 0 Å². The van der Waals surface area contributed by atoms with Crippen LogP contribution in [0.5, 0.6) is 5.75 Å². The molecule has 24 heavy (non-hydrogen) atoms. The molecule has 3 rings (SSSR count). The number of hydrogen-bond acceptors (Lipinski definition) is 5. The molecule has 0 saturated carbocycles. The Hall–Kier alpha value is -2.89. The first-order valence-corrected chi connectivity index (χ1v) is 8.02. The van der Waals surface area contributed by atoms with Gasteiger partial charge in [0.15, 0.2) is 0 Å². The number of aromatic nitrogens is 4. The fourth-order valence-corrected chi connectivity index (χ4v) is 2.18. The van der Waals surface area contributed by atoms with Gasteiger partial charge in [0.25, 0.3) is 5.95 Å². The Morgan fingerprint density at radius 3 is 2.38 bits per heavy atom. The van der Waals surface area contributed by atoms with Gasteiger partial charge in [-0.15, -0.1) is 5.10 Å². The van der Waals surface area contributed by atoms with E-state index >= 15 is 0 Å².